The van der Waals surface area contributed by atoms with E-state index < -0.39 is 5.82 Å². The molecule has 3 aromatic carbocycles. The Morgan fingerprint density at radius 3 is 2.69 bits per heavy atom. The second-order valence-electron chi connectivity index (χ2n) is 9.27. The molecule has 4 heterocycles. The number of benzene rings is 3. The molecule has 4 aromatic heterocycles. The summed E-state index contributed by atoms with van der Waals surface area (Å²) in [4.78, 5) is 22.3. The largest absolute Gasteiger partial charge is 0.458 e. The molecule has 39 heavy (non-hydrogen) atoms. The molecule has 0 bridgehead atoms. The van der Waals surface area contributed by atoms with Crippen molar-refractivity contribution in [1.82, 2.24) is 29.9 Å². The highest BCUT2D eigenvalue weighted by Crippen LogP contribution is 2.33. The number of anilines is 1. The third-order valence-electron chi connectivity index (χ3n) is 6.87. The molecule has 10 heteroatoms. The molecule has 0 saturated heterocycles. The summed E-state index contributed by atoms with van der Waals surface area (Å²) in [6.07, 6.45) is 1.37. The highest BCUT2D eigenvalue weighted by Gasteiger charge is 2.22. The van der Waals surface area contributed by atoms with Crippen molar-refractivity contribution in [3.63, 3.8) is 0 Å². The Labute approximate surface area is 219 Å². The van der Waals surface area contributed by atoms with E-state index >= 15 is 0 Å². The van der Waals surface area contributed by atoms with Gasteiger partial charge in [0, 0.05) is 10.9 Å². The van der Waals surface area contributed by atoms with Gasteiger partial charge < -0.3 is 10.2 Å². The topological polar surface area (TPSA) is 129 Å². The van der Waals surface area contributed by atoms with Crippen LogP contribution in [0, 0.1) is 12.7 Å². The van der Waals surface area contributed by atoms with Crippen LogP contribution in [0.4, 0.5) is 10.2 Å². The number of aryl methyl sites for hydroxylation is 1. The fourth-order valence-electron chi connectivity index (χ4n) is 5.00. The molecule has 3 N–H and O–H groups in total. The van der Waals surface area contributed by atoms with Crippen molar-refractivity contribution in [2.24, 2.45) is 0 Å². The van der Waals surface area contributed by atoms with Crippen LogP contribution in [0.2, 0.25) is 0 Å². The van der Waals surface area contributed by atoms with Gasteiger partial charge in [0.15, 0.2) is 5.65 Å². The van der Waals surface area contributed by atoms with E-state index in [9.17, 15) is 9.18 Å². The minimum absolute atomic E-state index is 0.0746. The summed E-state index contributed by atoms with van der Waals surface area (Å²) in [5, 5.41) is 13.9. The average Bonchev–Trinajstić information content (AvgIpc) is 3.50. The maximum absolute atomic E-state index is 14.0. The first-order chi connectivity index (χ1) is 19.0. The number of nitrogens with zero attached hydrogens (tertiary/aromatic N) is 5. The van der Waals surface area contributed by atoms with Gasteiger partial charge in [0.25, 0.3) is 0 Å². The van der Waals surface area contributed by atoms with Crippen molar-refractivity contribution in [2.45, 2.75) is 13.5 Å². The van der Waals surface area contributed by atoms with Gasteiger partial charge in [-0.15, -0.1) is 0 Å². The highest BCUT2D eigenvalue weighted by molar-refractivity contribution is 6.00. The van der Waals surface area contributed by atoms with Crippen LogP contribution < -0.4 is 11.2 Å². The lowest BCUT2D eigenvalue weighted by Crippen LogP contribution is -2.13. The summed E-state index contributed by atoms with van der Waals surface area (Å²) in [5.74, 6) is 0.125. The van der Waals surface area contributed by atoms with Crippen LogP contribution in [0.5, 0.6) is 0 Å². The lowest BCUT2D eigenvalue weighted by Gasteiger charge is -2.11. The molecular formula is C29H20FN7O2. The maximum atomic E-state index is 14.0. The molecule has 9 nitrogen and oxygen atoms in total. The van der Waals surface area contributed by atoms with E-state index in [0.29, 0.717) is 33.6 Å². The van der Waals surface area contributed by atoms with Gasteiger partial charge in [-0.2, -0.15) is 10.2 Å². The Kier molecular flexibility index (Phi) is 5.02. The molecule has 0 aliphatic rings. The number of aromatic amines is 1. The zero-order valence-corrected chi connectivity index (χ0v) is 20.6. The third-order valence-corrected chi connectivity index (χ3v) is 6.87. The molecule has 0 spiro atoms. The van der Waals surface area contributed by atoms with Crippen molar-refractivity contribution >= 4 is 38.7 Å². The van der Waals surface area contributed by atoms with Crippen LogP contribution in [-0.4, -0.2) is 29.9 Å². The van der Waals surface area contributed by atoms with Gasteiger partial charge in [-0.3, -0.25) is 9.89 Å². The van der Waals surface area contributed by atoms with Gasteiger partial charge in [0.05, 0.1) is 27.5 Å². The number of nitrogen functional groups attached to an aromatic ring is 1. The van der Waals surface area contributed by atoms with Crippen molar-refractivity contribution < 1.29 is 8.81 Å². The highest BCUT2D eigenvalue weighted by atomic mass is 19.1. The molecule has 7 aromatic rings. The van der Waals surface area contributed by atoms with Gasteiger partial charge in [-0.05, 0) is 36.8 Å². The second kappa shape index (κ2) is 8.59. The van der Waals surface area contributed by atoms with E-state index in [1.165, 1.54) is 24.5 Å². The molecule has 0 radical (unpaired) electrons. The molecule has 190 valence electrons. The molecule has 0 aliphatic heterocycles. The van der Waals surface area contributed by atoms with E-state index in [-0.39, 0.29) is 28.8 Å². The summed E-state index contributed by atoms with van der Waals surface area (Å²) < 4.78 is 21.9. The standard InChI is InChI=1S/C29H20FN7O2/c1-15-19-9-7-17(11-21(19)35-34-15)26-25-28(31)32-14-33-29(25)37(36-26)13-23-24(16-5-3-2-4-6-16)27(38)20-12-18(30)8-10-22(20)39-23/h2-12,14H,13H2,1H3,(H,34,35)(H2,31,32,33). The summed E-state index contributed by atoms with van der Waals surface area (Å²) in [7, 11) is 0. The van der Waals surface area contributed by atoms with Crippen LogP contribution >= 0.6 is 0 Å². The normalized spacial score (nSPS) is 11.6. The average molecular weight is 518 g/mol. The van der Waals surface area contributed by atoms with E-state index in [1.807, 2.05) is 55.5 Å². The van der Waals surface area contributed by atoms with Crippen LogP contribution in [0.15, 0.2) is 82.3 Å². The summed E-state index contributed by atoms with van der Waals surface area (Å²) in [5.41, 5.74) is 10.9. The van der Waals surface area contributed by atoms with Gasteiger partial charge in [0.1, 0.15) is 41.5 Å². The van der Waals surface area contributed by atoms with Crippen molar-refractivity contribution in [2.75, 3.05) is 5.73 Å². The number of hydrogen-bond donors (Lipinski definition) is 2. The monoisotopic (exact) mass is 517 g/mol. The molecule has 0 atom stereocenters. The van der Waals surface area contributed by atoms with E-state index in [2.05, 4.69) is 20.2 Å². The minimum atomic E-state index is -0.513. The number of rotatable bonds is 4. The number of nitrogens with two attached hydrogens (primary N) is 1. The Balaban J connectivity index is 1.45. The summed E-state index contributed by atoms with van der Waals surface area (Å²) in [6.45, 7) is 2.01. The van der Waals surface area contributed by atoms with Crippen LogP contribution in [-0.2, 0) is 6.54 Å². The SMILES string of the molecule is Cc1n[nH]c2cc(-c3nn(Cc4oc5ccc(F)cc5c(=O)c4-c4ccccc4)c4ncnc(N)c34)ccc12. The first-order valence-electron chi connectivity index (χ1n) is 12.2. The van der Waals surface area contributed by atoms with Crippen LogP contribution in [0.1, 0.15) is 11.5 Å². The number of hydrogen-bond acceptors (Lipinski definition) is 7. The molecule has 0 saturated carbocycles. The predicted molar refractivity (Wildman–Crippen MR) is 147 cm³/mol. The number of halogens is 1. The molecular weight excluding hydrogens is 497 g/mol. The second-order valence-corrected chi connectivity index (χ2v) is 9.27. The third kappa shape index (κ3) is 3.64. The number of H-pyrrole nitrogens is 1. The number of aromatic nitrogens is 6. The van der Waals surface area contributed by atoms with Crippen LogP contribution in [0.3, 0.4) is 0 Å². The smallest absolute Gasteiger partial charge is 0.200 e. The molecule has 0 fully saturated rings. The lowest BCUT2D eigenvalue weighted by molar-refractivity contribution is 0.505. The van der Waals surface area contributed by atoms with Crippen molar-refractivity contribution in [3.8, 4) is 22.4 Å². The Morgan fingerprint density at radius 2 is 1.85 bits per heavy atom. The Morgan fingerprint density at radius 1 is 1.00 bits per heavy atom. The number of fused-ring (bicyclic) bond motifs is 3. The van der Waals surface area contributed by atoms with Gasteiger partial charge in [-0.1, -0.05) is 42.5 Å². The zero-order chi connectivity index (χ0) is 26.7. The van der Waals surface area contributed by atoms with Gasteiger partial charge in [-0.25, -0.2) is 19.0 Å². The minimum Gasteiger partial charge on any atom is -0.458 e. The fourth-order valence-corrected chi connectivity index (χ4v) is 5.00. The van der Waals surface area contributed by atoms with Crippen LogP contribution in [0.25, 0.3) is 55.3 Å². The quantitative estimate of drug-likeness (QED) is 0.327. The first kappa shape index (κ1) is 22.8. The zero-order valence-electron chi connectivity index (χ0n) is 20.6. The predicted octanol–water partition coefficient (Wildman–Crippen LogP) is 5.22. The van der Waals surface area contributed by atoms with Gasteiger partial charge in [0.2, 0.25) is 5.43 Å². The fraction of sp³-hybridized carbons (Fsp3) is 0.0690. The van der Waals surface area contributed by atoms with E-state index in [0.717, 1.165) is 22.2 Å². The maximum Gasteiger partial charge on any atom is 0.200 e. The molecule has 0 aliphatic carbocycles. The Hall–Kier alpha value is -5.38. The first-order valence-corrected chi connectivity index (χ1v) is 12.2. The summed E-state index contributed by atoms with van der Waals surface area (Å²) in [6, 6.07) is 18.9. The summed E-state index contributed by atoms with van der Waals surface area (Å²) >= 11 is 0. The Bertz CT molecular complexity index is 2110. The molecule has 0 amide bonds. The van der Waals surface area contributed by atoms with Crippen molar-refractivity contribution in [3.05, 3.63) is 101 Å². The molecule has 7 rings (SSSR count). The number of nitrogens with one attached hydrogen (secondary N) is 1. The lowest BCUT2D eigenvalue weighted by atomic mass is 10.0. The van der Waals surface area contributed by atoms with Crippen molar-refractivity contribution in [1.29, 1.82) is 0 Å². The van der Waals surface area contributed by atoms with Gasteiger partial charge >= 0.3 is 0 Å². The van der Waals surface area contributed by atoms with E-state index in [1.54, 1.807) is 4.68 Å². The van der Waals surface area contributed by atoms with E-state index in [4.69, 9.17) is 15.2 Å². The molecule has 0 unspecified atom stereocenters.